The van der Waals surface area contributed by atoms with Crippen LogP contribution in [-0.2, 0) is 6.54 Å². The quantitative estimate of drug-likeness (QED) is 0.647. The van der Waals surface area contributed by atoms with E-state index >= 15 is 0 Å². The average Bonchev–Trinajstić information content (AvgIpc) is 2.65. The van der Waals surface area contributed by atoms with Gasteiger partial charge in [0.15, 0.2) is 0 Å². The van der Waals surface area contributed by atoms with Crippen molar-refractivity contribution in [2.24, 2.45) is 0 Å². The molecule has 2 aromatic heterocycles. The Balaban J connectivity index is 1.50. The minimum Gasteiger partial charge on any atom is -0.439 e. The van der Waals surface area contributed by atoms with E-state index in [2.05, 4.69) is 20.6 Å². The summed E-state index contributed by atoms with van der Waals surface area (Å²) in [6.45, 7) is 2.36. The lowest BCUT2D eigenvalue weighted by Gasteiger charge is -2.09. The van der Waals surface area contributed by atoms with Gasteiger partial charge in [-0.25, -0.2) is 14.8 Å². The number of rotatable bonds is 5. The molecule has 26 heavy (non-hydrogen) atoms. The van der Waals surface area contributed by atoms with Crippen molar-refractivity contribution in [3.8, 4) is 11.6 Å². The van der Waals surface area contributed by atoms with E-state index in [9.17, 15) is 4.79 Å². The maximum absolute atomic E-state index is 11.9. The molecule has 2 N–H and O–H groups in total. The molecule has 0 bridgehead atoms. The Labute approximate surface area is 156 Å². The Morgan fingerprint density at radius 1 is 1.04 bits per heavy atom. The highest BCUT2D eigenvalue weighted by atomic mass is 35.5. The molecule has 0 saturated heterocycles. The monoisotopic (exact) mass is 368 g/mol. The Kier molecular flexibility index (Phi) is 5.66. The highest BCUT2D eigenvalue weighted by molar-refractivity contribution is 6.29. The SMILES string of the molecule is Cc1ccc(Oc2ccc(NC(=O)NCc3ccc(Cl)nc3)cn2)cc1. The van der Waals surface area contributed by atoms with E-state index in [1.807, 2.05) is 31.2 Å². The molecule has 1 aromatic carbocycles. The summed E-state index contributed by atoms with van der Waals surface area (Å²) in [5.41, 5.74) is 2.57. The first kappa shape index (κ1) is 17.7. The molecule has 3 aromatic rings. The standard InChI is InChI=1S/C19H17ClN4O2/c1-13-2-6-16(7-3-13)26-18-9-5-15(12-22-18)24-19(25)23-11-14-4-8-17(20)21-10-14/h2-10,12H,11H2,1H3,(H2,23,24,25). The molecule has 3 rings (SSSR count). The number of benzene rings is 1. The molecular formula is C19H17ClN4O2. The van der Waals surface area contributed by atoms with Gasteiger partial charge in [0.2, 0.25) is 5.88 Å². The Bertz CT molecular complexity index is 866. The molecule has 0 spiro atoms. The third kappa shape index (κ3) is 5.19. The highest BCUT2D eigenvalue weighted by Crippen LogP contribution is 2.20. The normalized spacial score (nSPS) is 10.2. The van der Waals surface area contributed by atoms with Crippen LogP contribution >= 0.6 is 11.6 Å². The van der Waals surface area contributed by atoms with Crippen molar-refractivity contribution in [1.82, 2.24) is 15.3 Å². The Morgan fingerprint density at radius 2 is 1.85 bits per heavy atom. The van der Waals surface area contributed by atoms with Crippen molar-refractivity contribution in [3.05, 3.63) is 77.2 Å². The van der Waals surface area contributed by atoms with Crippen LogP contribution in [0, 0.1) is 6.92 Å². The number of urea groups is 1. The zero-order valence-corrected chi connectivity index (χ0v) is 14.8. The van der Waals surface area contributed by atoms with Crippen LogP contribution in [0.1, 0.15) is 11.1 Å². The molecule has 0 radical (unpaired) electrons. The van der Waals surface area contributed by atoms with Gasteiger partial charge in [-0.3, -0.25) is 0 Å². The second-order valence-corrected chi connectivity index (χ2v) is 5.98. The number of carbonyl (C=O) groups excluding carboxylic acids is 1. The van der Waals surface area contributed by atoms with Gasteiger partial charge < -0.3 is 15.4 Å². The van der Waals surface area contributed by atoms with Crippen LogP contribution in [0.4, 0.5) is 10.5 Å². The smallest absolute Gasteiger partial charge is 0.319 e. The van der Waals surface area contributed by atoms with Gasteiger partial charge in [-0.05, 0) is 36.8 Å². The molecule has 0 unspecified atom stereocenters. The van der Waals surface area contributed by atoms with Gasteiger partial charge in [0, 0.05) is 18.8 Å². The number of anilines is 1. The maximum atomic E-state index is 11.9. The fourth-order valence-corrected chi connectivity index (χ4v) is 2.22. The van der Waals surface area contributed by atoms with E-state index in [-0.39, 0.29) is 6.03 Å². The molecule has 0 aliphatic carbocycles. The van der Waals surface area contributed by atoms with Crippen LogP contribution in [-0.4, -0.2) is 16.0 Å². The van der Waals surface area contributed by atoms with Crippen LogP contribution in [0.3, 0.4) is 0 Å². The number of aromatic nitrogens is 2. The summed E-state index contributed by atoms with van der Waals surface area (Å²) >= 11 is 5.72. The predicted molar refractivity (Wildman–Crippen MR) is 101 cm³/mol. The number of amides is 2. The molecule has 0 saturated carbocycles. The summed E-state index contributed by atoms with van der Waals surface area (Å²) in [6, 6.07) is 14.2. The molecule has 2 amide bonds. The number of carbonyl (C=O) groups is 1. The van der Waals surface area contributed by atoms with Gasteiger partial charge >= 0.3 is 6.03 Å². The van der Waals surface area contributed by atoms with E-state index in [4.69, 9.17) is 16.3 Å². The van der Waals surface area contributed by atoms with E-state index in [1.54, 1.807) is 30.5 Å². The van der Waals surface area contributed by atoms with Crippen molar-refractivity contribution < 1.29 is 9.53 Å². The van der Waals surface area contributed by atoms with Crippen molar-refractivity contribution in [1.29, 1.82) is 0 Å². The largest absolute Gasteiger partial charge is 0.439 e. The van der Waals surface area contributed by atoms with E-state index < -0.39 is 0 Å². The van der Waals surface area contributed by atoms with Crippen molar-refractivity contribution in [3.63, 3.8) is 0 Å². The van der Waals surface area contributed by atoms with E-state index in [0.717, 1.165) is 11.1 Å². The number of hydrogen-bond acceptors (Lipinski definition) is 4. The number of nitrogens with zero attached hydrogens (tertiary/aromatic N) is 2. The van der Waals surface area contributed by atoms with Gasteiger partial charge in [-0.1, -0.05) is 35.4 Å². The van der Waals surface area contributed by atoms with Crippen molar-refractivity contribution in [2.45, 2.75) is 13.5 Å². The summed E-state index contributed by atoms with van der Waals surface area (Å²) in [5.74, 6) is 1.16. The second-order valence-electron chi connectivity index (χ2n) is 5.60. The lowest BCUT2D eigenvalue weighted by molar-refractivity contribution is 0.251. The number of nitrogens with one attached hydrogen (secondary N) is 2. The Hall–Kier alpha value is -3.12. The average molecular weight is 369 g/mol. The first-order chi connectivity index (χ1) is 12.6. The molecule has 132 valence electrons. The summed E-state index contributed by atoms with van der Waals surface area (Å²) in [6.07, 6.45) is 3.15. The molecule has 0 aliphatic rings. The topological polar surface area (TPSA) is 76.1 Å². The molecule has 2 heterocycles. The minimum absolute atomic E-state index is 0.339. The summed E-state index contributed by atoms with van der Waals surface area (Å²) in [4.78, 5) is 20.1. The maximum Gasteiger partial charge on any atom is 0.319 e. The number of pyridine rings is 2. The fourth-order valence-electron chi connectivity index (χ4n) is 2.11. The summed E-state index contributed by atoms with van der Waals surface area (Å²) in [7, 11) is 0. The van der Waals surface area contributed by atoms with Gasteiger partial charge in [0.25, 0.3) is 0 Å². The van der Waals surface area contributed by atoms with Gasteiger partial charge in [0.1, 0.15) is 10.9 Å². The Morgan fingerprint density at radius 3 is 2.50 bits per heavy atom. The number of hydrogen-bond donors (Lipinski definition) is 2. The van der Waals surface area contributed by atoms with Gasteiger partial charge in [-0.15, -0.1) is 0 Å². The molecule has 6 nitrogen and oxygen atoms in total. The van der Waals surface area contributed by atoms with E-state index in [1.165, 1.54) is 6.20 Å². The number of halogens is 1. The third-order valence-electron chi connectivity index (χ3n) is 3.48. The minimum atomic E-state index is -0.339. The zero-order valence-electron chi connectivity index (χ0n) is 14.1. The van der Waals surface area contributed by atoms with Crippen molar-refractivity contribution >= 4 is 23.3 Å². The zero-order chi connectivity index (χ0) is 18.4. The van der Waals surface area contributed by atoms with Gasteiger partial charge in [-0.2, -0.15) is 0 Å². The van der Waals surface area contributed by atoms with Crippen LogP contribution in [0.25, 0.3) is 0 Å². The lowest BCUT2D eigenvalue weighted by Crippen LogP contribution is -2.28. The molecule has 0 aliphatic heterocycles. The highest BCUT2D eigenvalue weighted by Gasteiger charge is 2.04. The molecular weight excluding hydrogens is 352 g/mol. The van der Waals surface area contributed by atoms with E-state index in [0.29, 0.717) is 29.0 Å². The van der Waals surface area contributed by atoms with Crippen LogP contribution in [0.2, 0.25) is 5.15 Å². The van der Waals surface area contributed by atoms with Crippen LogP contribution in [0.15, 0.2) is 60.9 Å². The number of aryl methyl sites for hydroxylation is 1. The first-order valence-corrected chi connectivity index (χ1v) is 8.32. The van der Waals surface area contributed by atoms with Crippen molar-refractivity contribution in [2.75, 3.05) is 5.32 Å². The second kappa shape index (κ2) is 8.31. The first-order valence-electron chi connectivity index (χ1n) is 7.94. The van der Waals surface area contributed by atoms with Gasteiger partial charge in [0.05, 0.1) is 11.9 Å². The van der Waals surface area contributed by atoms with Crippen LogP contribution < -0.4 is 15.4 Å². The number of ether oxygens (including phenoxy) is 1. The summed E-state index contributed by atoms with van der Waals surface area (Å²) < 4.78 is 5.65. The predicted octanol–water partition coefficient (Wildman–Crippen LogP) is 4.55. The van der Waals surface area contributed by atoms with Crippen LogP contribution in [0.5, 0.6) is 11.6 Å². The summed E-state index contributed by atoms with van der Waals surface area (Å²) in [5, 5.41) is 5.86. The molecule has 0 atom stereocenters. The third-order valence-corrected chi connectivity index (χ3v) is 3.70. The fraction of sp³-hybridized carbons (Fsp3) is 0.105. The molecule has 7 heteroatoms. The molecule has 0 fully saturated rings. The lowest BCUT2D eigenvalue weighted by atomic mass is 10.2.